The van der Waals surface area contributed by atoms with Crippen molar-refractivity contribution in [2.45, 2.75) is 95.9 Å². The van der Waals surface area contributed by atoms with Gasteiger partial charge in [-0.15, -0.1) is 0 Å². The lowest BCUT2D eigenvalue weighted by Crippen LogP contribution is -2.50. The van der Waals surface area contributed by atoms with Crippen LogP contribution >= 0.6 is 0 Å². The third-order valence-corrected chi connectivity index (χ3v) is 7.08. The minimum atomic E-state index is -0.991. The predicted octanol–water partition coefficient (Wildman–Crippen LogP) is 3.84. The number of aliphatic carboxylic acids is 1. The van der Waals surface area contributed by atoms with Crippen molar-refractivity contribution in [3.8, 4) is 0 Å². The number of amides is 1. The fourth-order valence-corrected chi connectivity index (χ4v) is 4.95. The number of unbranched alkanes of at least 4 members (excludes halogenated alkanes) is 4. The van der Waals surface area contributed by atoms with Gasteiger partial charge in [0.05, 0.1) is 12.0 Å². The first-order chi connectivity index (χ1) is 15.5. The second-order valence-corrected chi connectivity index (χ2v) is 9.51. The Bertz CT molecular complexity index is 762. The molecule has 32 heavy (non-hydrogen) atoms. The van der Waals surface area contributed by atoms with E-state index < -0.39 is 17.4 Å². The number of pyridine rings is 1. The molecule has 7 nitrogen and oxygen atoms in total. The van der Waals surface area contributed by atoms with Gasteiger partial charge < -0.3 is 20.8 Å². The number of carboxylic acid groups (broad SMARTS) is 1. The number of carbonyl (C=O) groups excluding carboxylic acids is 1. The number of aromatic nitrogens is 1. The SMILES string of the molecule is O=C(O)[C@H](CCCCCCCc1ccc2c(n1)NCCC2)NC(=O)C1(CO)CCCCC1. The number of anilines is 1. The molecular weight excluding hydrogens is 406 g/mol. The lowest BCUT2D eigenvalue weighted by molar-refractivity contribution is -0.146. The molecule has 2 heterocycles. The van der Waals surface area contributed by atoms with Crippen LogP contribution in [-0.4, -0.2) is 46.3 Å². The van der Waals surface area contributed by atoms with Crippen molar-refractivity contribution >= 4 is 17.7 Å². The van der Waals surface area contributed by atoms with Gasteiger partial charge in [0.15, 0.2) is 0 Å². The number of aliphatic hydroxyl groups is 1. The van der Waals surface area contributed by atoms with Crippen LogP contribution in [0.25, 0.3) is 0 Å². The van der Waals surface area contributed by atoms with Crippen LogP contribution in [0, 0.1) is 5.41 Å². The van der Waals surface area contributed by atoms with E-state index in [2.05, 4.69) is 22.8 Å². The lowest BCUT2D eigenvalue weighted by atomic mass is 9.74. The van der Waals surface area contributed by atoms with Crippen LogP contribution in [0.2, 0.25) is 0 Å². The minimum Gasteiger partial charge on any atom is -0.480 e. The van der Waals surface area contributed by atoms with Crippen LogP contribution in [0.4, 0.5) is 5.82 Å². The highest BCUT2D eigenvalue weighted by molar-refractivity contribution is 5.87. The van der Waals surface area contributed by atoms with Crippen molar-refractivity contribution in [2.24, 2.45) is 5.41 Å². The average Bonchev–Trinajstić information content (AvgIpc) is 2.82. The summed E-state index contributed by atoms with van der Waals surface area (Å²) in [5.74, 6) is -0.236. The zero-order chi connectivity index (χ0) is 22.8. The summed E-state index contributed by atoms with van der Waals surface area (Å²) in [7, 11) is 0. The minimum absolute atomic E-state index is 0.208. The van der Waals surface area contributed by atoms with Crippen LogP contribution < -0.4 is 10.6 Å². The summed E-state index contributed by atoms with van der Waals surface area (Å²) in [6, 6.07) is 3.45. The molecule has 2 aliphatic rings. The number of aliphatic hydroxyl groups excluding tert-OH is 1. The zero-order valence-corrected chi connectivity index (χ0v) is 19.2. The molecule has 1 aliphatic carbocycles. The molecular formula is C25H39N3O4. The first kappa shape index (κ1) is 24.5. The topological polar surface area (TPSA) is 112 Å². The van der Waals surface area contributed by atoms with Gasteiger partial charge in [-0.2, -0.15) is 0 Å². The highest BCUT2D eigenvalue weighted by Crippen LogP contribution is 2.36. The molecule has 1 fully saturated rings. The number of hydrogen-bond acceptors (Lipinski definition) is 5. The van der Waals surface area contributed by atoms with Crippen LogP contribution in [0.15, 0.2) is 12.1 Å². The van der Waals surface area contributed by atoms with Crippen molar-refractivity contribution in [3.63, 3.8) is 0 Å². The summed E-state index contributed by atoms with van der Waals surface area (Å²) in [4.78, 5) is 29.1. The quantitative estimate of drug-likeness (QED) is 0.364. The molecule has 0 unspecified atom stereocenters. The van der Waals surface area contributed by atoms with Gasteiger partial charge in [-0.3, -0.25) is 4.79 Å². The van der Waals surface area contributed by atoms with Crippen molar-refractivity contribution in [3.05, 3.63) is 23.4 Å². The summed E-state index contributed by atoms with van der Waals surface area (Å²) >= 11 is 0. The second kappa shape index (κ2) is 12.2. The fraction of sp³-hybridized carbons (Fsp3) is 0.720. The van der Waals surface area contributed by atoms with Gasteiger partial charge in [0.2, 0.25) is 5.91 Å². The largest absolute Gasteiger partial charge is 0.480 e. The van der Waals surface area contributed by atoms with Gasteiger partial charge in [-0.25, -0.2) is 9.78 Å². The van der Waals surface area contributed by atoms with Crippen LogP contribution in [0.5, 0.6) is 0 Å². The van der Waals surface area contributed by atoms with Crippen LogP contribution in [0.3, 0.4) is 0 Å². The van der Waals surface area contributed by atoms with Gasteiger partial charge in [-0.1, -0.05) is 51.0 Å². The van der Waals surface area contributed by atoms with E-state index in [4.69, 9.17) is 4.98 Å². The number of carbonyl (C=O) groups is 2. The van der Waals surface area contributed by atoms with E-state index in [0.717, 1.165) is 82.3 Å². The molecule has 1 amide bonds. The standard InChI is InChI=1S/C25H39N3O4/c29-18-25(15-7-4-8-16-25)24(32)28-21(23(30)31)12-6-3-1-2-5-11-20-14-13-19-10-9-17-26-22(19)27-20/h13-14,21,29H,1-12,15-18H2,(H,26,27)(H,28,32)(H,30,31)/t21-/m0/s1. The van der Waals surface area contributed by atoms with Gasteiger partial charge in [0.1, 0.15) is 11.9 Å². The molecule has 0 radical (unpaired) electrons. The van der Waals surface area contributed by atoms with Crippen molar-refractivity contribution in [1.82, 2.24) is 10.3 Å². The number of nitrogens with zero attached hydrogens (tertiary/aromatic N) is 1. The molecule has 0 aromatic carbocycles. The lowest BCUT2D eigenvalue weighted by Gasteiger charge is -2.35. The zero-order valence-electron chi connectivity index (χ0n) is 19.2. The molecule has 1 atom stereocenters. The number of hydrogen-bond donors (Lipinski definition) is 4. The number of nitrogens with one attached hydrogen (secondary N) is 2. The second-order valence-electron chi connectivity index (χ2n) is 9.51. The van der Waals surface area contributed by atoms with Crippen molar-refractivity contribution < 1.29 is 19.8 Å². The Kier molecular flexibility index (Phi) is 9.33. The Labute approximate surface area is 191 Å². The maximum absolute atomic E-state index is 12.7. The van der Waals surface area contributed by atoms with E-state index in [-0.39, 0.29) is 12.5 Å². The van der Waals surface area contributed by atoms with Crippen molar-refractivity contribution in [1.29, 1.82) is 0 Å². The number of aryl methyl sites for hydroxylation is 2. The molecule has 1 aromatic rings. The molecule has 3 rings (SSSR count). The molecule has 178 valence electrons. The summed E-state index contributed by atoms with van der Waals surface area (Å²) in [5, 5.41) is 25.4. The van der Waals surface area contributed by atoms with E-state index in [1.165, 1.54) is 12.0 Å². The summed E-state index contributed by atoms with van der Waals surface area (Å²) in [6.07, 6.45) is 12.7. The maximum Gasteiger partial charge on any atom is 0.326 e. The Hall–Kier alpha value is -2.15. The highest BCUT2D eigenvalue weighted by Gasteiger charge is 2.40. The van der Waals surface area contributed by atoms with E-state index in [9.17, 15) is 19.8 Å². The van der Waals surface area contributed by atoms with Gasteiger partial charge in [-0.05, 0) is 56.6 Å². The van der Waals surface area contributed by atoms with Crippen LogP contribution in [0.1, 0.15) is 88.3 Å². The maximum atomic E-state index is 12.7. The molecule has 4 N–H and O–H groups in total. The molecule has 0 saturated heterocycles. The Morgan fingerprint density at radius 3 is 2.56 bits per heavy atom. The molecule has 0 spiro atoms. The number of fused-ring (bicyclic) bond motifs is 1. The first-order valence-electron chi connectivity index (χ1n) is 12.4. The number of rotatable bonds is 12. The van der Waals surface area contributed by atoms with Gasteiger partial charge in [0, 0.05) is 12.2 Å². The highest BCUT2D eigenvalue weighted by atomic mass is 16.4. The van der Waals surface area contributed by atoms with Gasteiger partial charge in [0.25, 0.3) is 0 Å². The Balaban J connectivity index is 1.33. The third kappa shape index (κ3) is 6.67. The Morgan fingerprint density at radius 2 is 1.81 bits per heavy atom. The monoisotopic (exact) mass is 445 g/mol. The third-order valence-electron chi connectivity index (χ3n) is 7.08. The van der Waals surface area contributed by atoms with E-state index in [0.29, 0.717) is 19.3 Å². The first-order valence-corrected chi connectivity index (χ1v) is 12.4. The van der Waals surface area contributed by atoms with E-state index in [1.807, 2.05) is 0 Å². The molecule has 0 bridgehead atoms. The van der Waals surface area contributed by atoms with Gasteiger partial charge >= 0.3 is 5.97 Å². The molecule has 1 saturated carbocycles. The summed E-state index contributed by atoms with van der Waals surface area (Å²) in [5.41, 5.74) is 1.65. The smallest absolute Gasteiger partial charge is 0.326 e. The molecule has 7 heteroatoms. The predicted molar refractivity (Wildman–Crippen MR) is 125 cm³/mol. The van der Waals surface area contributed by atoms with E-state index in [1.54, 1.807) is 0 Å². The van der Waals surface area contributed by atoms with Crippen molar-refractivity contribution in [2.75, 3.05) is 18.5 Å². The normalized spacial score (nSPS) is 18.3. The Morgan fingerprint density at radius 1 is 1.06 bits per heavy atom. The van der Waals surface area contributed by atoms with E-state index >= 15 is 0 Å². The molecule has 1 aromatic heterocycles. The average molecular weight is 446 g/mol. The molecule has 1 aliphatic heterocycles. The van der Waals surface area contributed by atoms with Crippen LogP contribution in [-0.2, 0) is 22.4 Å². The fourth-order valence-electron chi connectivity index (χ4n) is 4.95. The number of carboxylic acids is 1. The summed E-state index contributed by atoms with van der Waals surface area (Å²) in [6.45, 7) is 0.794. The summed E-state index contributed by atoms with van der Waals surface area (Å²) < 4.78 is 0.